The van der Waals surface area contributed by atoms with Gasteiger partial charge < -0.3 is 5.32 Å². The molecule has 1 atom stereocenters. The molecule has 0 radical (unpaired) electrons. The normalized spacial score (nSPS) is 12.1. The summed E-state index contributed by atoms with van der Waals surface area (Å²) in [5.41, 5.74) is 0. The molecule has 0 aliphatic heterocycles. The molecule has 2 heterocycles. The number of halogens is 1. The summed E-state index contributed by atoms with van der Waals surface area (Å²) in [6.45, 7) is 2.03. The number of nitrogens with zero attached hydrogens (tertiary/aromatic N) is 4. The Morgan fingerprint density at radius 2 is 2.22 bits per heavy atom. The largest absolute Gasteiger partial charge is 0.347 e. The third kappa shape index (κ3) is 3.04. The van der Waals surface area contributed by atoms with Gasteiger partial charge in [0, 0.05) is 24.8 Å². The van der Waals surface area contributed by atoms with Gasteiger partial charge in [0.2, 0.25) is 5.91 Å². The average molecular weight is 266 g/mol. The van der Waals surface area contributed by atoms with Gasteiger partial charge in [-0.15, -0.1) is 0 Å². The summed E-state index contributed by atoms with van der Waals surface area (Å²) in [5, 5.41) is 7.22. The summed E-state index contributed by atoms with van der Waals surface area (Å²) in [6.07, 6.45) is 6.36. The smallest absolute Gasteiger partial charge is 0.244 e. The van der Waals surface area contributed by atoms with Crippen molar-refractivity contribution in [1.29, 1.82) is 0 Å². The SMILES string of the molecule is C[C@H](C(=O)NCc1ncc(Cl)cn1)n1cccn1. The Bertz CT molecular complexity index is 511. The fraction of sp³-hybridized carbons (Fsp3) is 0.273. The fourth-order valence-electron chi connectivity index (χ4n) is 1.37. The Kier molecular flexibility index (Phi) is 3.88. The van der Waals surface area contributed by atoms with Crippen molar-refractivity contribution in [2.75, 3.05) is 0 Å². The fourth-order valence-corrected chi connectivity index (χ4v) is 1.47. The molecule has 6 nitrogen and oxygen atoms in total. The zero-order valence-corrected chi connectivity index (χ0v) is 10.5. The molecule has 94 valence electrons. The van der Waals surface area contributed by atoms with E-state index in [0.717, 1.165) is 0 Å². The Labute approximate surface area is 109 Å². The van der Waals surface area contributed by atoms with E-state index in [9.17, 15) is 4.79 Å². The number of nitrogens with one attached hydrogen (secondary N) is 1. The minimum absolute atomic E-state index is 0.141. The van der Waals surface area contributed by atoms with Crippen LogP contribution in [-0.4, -0.2) is 25.7 Å². The van der Waals surface area contributed by atoms with Crippen LogP contribution in [0, 0.1) is 0 Å². The third-order valence-corrected chi connectivity index (χ3v) is 2.59. The van der Waals surface area contributed by atoms with Crippen molar-refractivity contribution >= 4 is 17.5 Å². The van der Waals surface area contributed by atoms with Crippen LogP contribution in [0.2, 0.25) is 5.02 Å². The molecule has 7 heteroatoms. The van der Waals surface area contributed by atoms with E-state index in [0.29, 0.717) is 10.8 Å². The first-order valence-electron chi connectivity index (χ1n) is 5.40. The lowest BCUT2D eigenvalue weighted by atomic mass is 10.3. The molecule has 0 unspecified atom stereocenters. The maximum absolute atomic E-state index is 11.8. The second-order valence-corrected chi connectivity index (χ2v) is 4.13. The van der Waals surface area contributed by atoms with Crippen LogP contribution in [-0.2, 0) is 11.3 Å². The second kappa shape index (κ2) is 5.59. The van der Waals surface area contributed by atoms with E-state index >= 15 is 0 Å². The highest BCUT2D eigenvalue weighted by Crippen LogP contribution is 2.05. The number of amides is 1. The van der Waals surface area contributed by atoms with Gasteiger partial charge in [0.1, 0.15) is 11.9 Å². The van der Waals surface area contributed by atoms with Gasteiger partial charge in [-0.1, -0.05) is 11.6 Å². The summed E-state index contributed by atoms with van der Waals surface area (Å²) < 4.78 is 1.58. The van der Waals surface area contributed by atoms with Gasteiger partial charge >= 0.3 is 0 Å². The molecule has 2 aromatic rings. The van der Waals surface area contributed by atoms with Crippen LogP contribution in [0.4, 0.5) is 0 Å². The zero-order valence-electron chi connectivity index (χ0n) is 9.75. The van der Waals surface area contributed by atoms with Gasteiger partial charge in [-0.05, 0) is 13.0 Å². The number of rotatable bonds is 4. The quantitative estimate of drug-likeness (QED) is 0.902. The minimum Gasteiger partial charge on any atom is -0.347 e. The average Bonchev–Trinajstić information content (AvgIpc) is 2.90. The first-order chi connectivity index (χ1) is 8.66. The molecule has 0 saturated carbocycles. The molecule has 2 rings (SSSR count). The maximum Gasteiger partial charge on any atom is 0.244 e. The second-order valence-electron chi connectivity index (χ2n) is 3.70. The van der Waals surface area contributed by atoms with Crippen molar-refractivity contribution in [2.45, 2.75) is 19.5 Å². The first-order valence-corrected chi connectivity index (χ1v) is 5.78. The van der Waals surface area contributed by atoms with Crippen LogP contribution >= 0.6 is 11.6 Å². The van der Waals surface area contributed by atoms with Crippen LogP contribution < -0.4 is 5.32 Å². The van der Waals surface area contributed by atoms with Crippen molar-refractivity contribution in [1.82, 2.24) is 25.1 Å². The Morgan fingerprint density at radius 1 is 1.50 bits per heavy atom. The molecule has 0 spiro atoms. The van der Waals surface area contributed by atoms with Crippen LogP contribution in [0.1, 0.15) is 18.8 Å². The van der Waals surface area contributed by atoms with Crippen LogP contribution in [0.25, 0.3) is 0 Å². The van der Waals surface area contributed by atoms with E-state index in [1.54, 1.807) is 30.1 Å². The summed E-state index contributed by atoms with van der Waals surface area (Å²) in [7, 11) is 0. The molecular weight excluding hydrogens is 254 g/mol. The number of carbonyl (C=O) groups excluding carboxylic acids is 1. The van der Waals surface area contributed by atoms with E-state index in [1.165, 1.54) is 12.4 Å². The molecule has 2 aromatic heterocycles. The number of carbonyl (C=O) groups is 1. The number of hydrogen-bond donors (Lipinski definition) is 1. The van der Waals surface area contributed by atoms with Crippen LogP contribution in [0.5, 0.6) is 0 Å². The van der Waals surface area contributed by atoms with Crippen molar-refractivity contribution < 1.29 is 4.79 Å². The summed E-state index contributed by atoms with van der Waals surface area (Å²) in [5.74, 6) is 0.373. The van der Waals surface area contributed by atoms with Gasteiger partial charge in [0.15, 0.2) is 0 Å². The third-order valence-electron chi connectivity index (χ3n) is 2.40. The highest BCUT2D eigenvalue weighted by atomic mass is 35.5. The van der Waals surface area contributed by atoms with Crippen LogP contribution in [0.15, 0.2) is 30.9 Å². The highest BCUT2D eigenvalue weighted by molar-refractivity contribution is 6.30. The summed E-state index contributed by atoms with van der Waals surface area (Å²) in [4.78, 5) is 19.8. The predicted octanol–water partition coefficient (Wildman–Crippen LogP) is 1.20. The monoisotopic (exact) mass is 265 g/mol. The van der Waals surface area contributed by atoms with Crippen molar-refractivity contribution in [3.8, 4) is 0 Å². The number of hydrogen-bond acceptors (Lipinski definition) is 4. The molecule has 0 bridgehead atoms. The standard InChI is InChI=1S/C11H12ClN5O/c1-8(17-4-2-3-16-17)11(18)15-7-10-13-5-9(12)6-14-10/h2-6,8H,7H2,1H3,(H,15,18)/t8-/m1/s1. The Morgan fingerprint density at radius 3 is 2.83 bits per heavy atom. The summed E-state index contributed by atoms with van der Waals surface area (Å²) >= 11 is 5.67. The van der Waals surface area contributed by atoms with Gasteiger partial charge in [-0.3, -0.25) is 9.48 Å². The molecule has 0 saturated heterocycles. The Balaban J connectivity index is 1.90. The van der Waals surface area contributed by atoms with E-state index in [4.69, 9.17) is 11.6 Å². The van der Waals surface area contributed by atoms with E-state index in [2.05, 4.69) is 20.4 Å². The van der Waals surface area contributed by atoms with Crippen molar-refractivity contribution in [3.05, 3.63) is 41.7 Å². The van der Waals surface area contributed by atoms with Crippen molar-refractivity contribution in [2.24, 2.45) is 0 Å². The molecule has 1 amide bonds. The highest BCUT2D eigenvalue weighted by Gasteiger charge is 2.14. The molecule has 0 aliphatic rings. The zero-order chi connectivity index (χ0) is 13.0. The molecule has 18 heavy (non-hydrogen) atoms. The van der Waals surface area contributed by atoms with Crippen molar-refractivity contribution in [3.63, 3.8) is 0 Å². The topological polar surface area (TPSA) is 72.7 Å². The van der Waals surface area contributed by atoms with Gasteiger partial charge in [0.25, 0.3) is 0 Å². The Hall–Kier alpha value is -1.95. The predicted molar refractivity (Wildman–Crippen MR) is 65.8 cm³/mol. The molecular formula is C11H12ClN5O. The first kappa shape index (κ1) is 12.5. The minimum atomic E-state index is -0.368. The van der Waals surface area contributed by atoms with Crippen LogP contribution in [0.3, 0.4) is 0 Å². The van der Waals surface area contributed by atoms with Gasteiger partial charge in [-0.25, -0.2) is 9.97 Å². The number of aromatic nitrogens is 4. The van der Waals surface area contributed by atoms with E-state index < -0.39 is 0 Å². The molecule has 0 fully saturated rings. The molecule has 0 aliphatic carbocycles. The lowest BCUT2D eigenvalue weighted by molar-refractivity contribution is -0.124. The van der Waals surface area contributed by atoms with Gasteiger partial charge in [0.05, 0.1) is 11.6 Å². The lowest BCUT2D eigenvalue weighted by Gasteiger charge is -2.11. The lowest BCUT2D eigenvalue weighted by Crippen LogP contribution is -2.31. The maximum atomic E-state index is 11.8. The molecule has 0 aromatic carbocycles. The van der Waals surface area contributed by atoms with E-state index in [1.807, 2.05) is 0 Å². The van der Waals surface area contributed by atoms with Gasteiger partial charge in [-0.2, -0.15) is 5.10 Å². The summed E-state index contributed by atoms with van der Waals surface area (Å²) in [6, 6.07) is 1.40. The van der Waals surface area contributed by atoms with E-state index in [-0.39, 0.29) is 18.5 Å². The molecule has 1 N–H and O–H groups in total.